The van der Waals surface area contributed by atoms with E-state index in [9.17, 15) is 4.39 Å². The lowest BCUT2D eigenvalue weighted by molar-refractivity contribution is 0.0834. The first-order valence-corrected chi connectivity index (χ1v) is 5.57. The topological polar surface area (TPSA) is 3.24 Å². The van der Waals surface area contributed by atoms with Crippen molar-refractivity contribution in [3.63, 3.8) is 0 Å². The van der Waals surface area contributed by atoms with Gasteiger partial charge in [0.05, 0.1) is 0 Å². The quantitative estimate of drug-likeness (QED) is 0.601. The summed E-state index contributed by atoms with van der Waals surface area (Å²) >= 11 is 0. The molecule has 0 aromatic rings. The van der Waals surface area contributed by atoms with Crippen LogP contribution in [0.15, 0.2) is 0 Å². The van der Waals surface area contributed by atoms with Gasteiger partial charge < -0.3 is 0 Å². The van der Waals surface area contributed by atoms with E-state index in [1.807, 2.05) is 0 Å². The molecule has 2 heteroatoms. The van der Waals surface area contributed by atoms with Crippen molar-refractivity contribution in [2.24, 2.45) is 17.8 Å². The predicted octanol–water partition coefficient (Wildman–Crippen LogP) is 2.07. The van der Waals surface area contributed by atoms with Gasteiger partial charge in [0.1, 0.15) is 6.17 Å². The Kier molecular flexibility index (Phi) is 1.44. The zero-order chi connectivity index (χ0) is 9.22. The van der Waals surface area contributed by atoms with E-state index in [0.29, 0.717) is 17.8 Å². The second-order valence-electron chi connectivity index (χ2n) is 5.33. The highest BCUT2D eigenvalue weighted by molar-refractivity contribution is 5.22. The Hall–Kier alpha value is -0.110. The van der Waals surface area contributed by atoms with Gasteiger partial charge in [0.2, 0.25) is 0 Å². The van der Waals surface area contributed by atoms with Crippen LogP contribution in [0.1, 0.15) is 26.7 Å². The molecule has 2 heterocycles. The van der Waals surface area contributed by atoms with E-state index in [4.69, 9.17) is 0 Å². The van der Waals surface area contributed by atoms with Gasteiger partial charge in [0.25, 0.3) is 0 Å². The van der Waals surface area contributed by atoms with Crippen LogP contribution in [-0.4, -0.2) is 29.7 Å². The first-order valence-electron chi connectivity index (χ1n) is 5.57. The van der Waals surface area contributed by atoms with Gasteiger partial charge in [-0.2, -0.15) is 0 Å². The molecule has 13 heavy (non-hydrogen) atoms. The van der Waals surface area contributed by atoms with E-state index in [2.05, 4.69) is 18.7 Å². The number of nitrogens with zero attached hydrogens (tertiary/aromatic N) is 1. The van der Waals surface area contributed by atoms with Crippen LogP contribution in [0.25, 0.3) is 0 Å². The fourth-order valence-corrected chi connectivity index (χ4v) is 4.04. The van der Waals surface area contributed by atoms with Crippen molar-refractivity contribution in [3.8, 4) is 0 Å². The van der Waals surface area contributed by atoms with Gasteiger partial charge >= 0.3 is 0 Å². The molecule has 1 saturated carbocycles. The highest BCUT2D eigenvalue weighted by Gasteiger charge is 2.71. The number of fused-ring (bicyclic) bond motifs is 3. The number of rotatable bonds is 1. The van der Waals surface area contributed by atoms with Crippen molar-refractivity contribution in [3.05, 3.63) is 0 Å². The van der Waals surface area contributed by atoms with Gasteiger partial charge in [-0.25, -0.2) is 4.39 Å². The summed E-state index contributed by atoms with van der Waals surface area (Å²) in [5.41, 5.74) is 0.268. The second kappa shape index (κ2) is 2.28. The Balaban J connectivity index is 1.96. The number of alkyl halides is 1. The first kappa shape index (κ1) is 8.22. The molecule has 4 atom stereocenters. The summed E-state index contributed by atoms with van der Waals surface area (Å²) in [4.78, 5) is 2.57. The molecule has 0 radical (unpaired) electrons. The Morgan fingerprint density at radius 1 is 1.46 bits per heavy atom. The summed E-state index contributed by atoms with van der Waals surface area (Å²) in [6.45, 7) is 6.80. The van der Waals surface area contributed by atoms with Gasteiger partial charge in [0, 0.05) is 23.9 Å². The summed E-state index contributed by atoms with van der Waals surface area (Å²) in [7, 11) is 0. The smallest absolute Gasteiger partial charge is 0.110 e. The molecule has 0 bridgehead atoms. The standard InChI is InChI=1S/C11H18FN/c1-7(2)11-4-3-5-13(11)6-8-9(11)10(8)12/h7-10H,3-6H2,1-2H3. The van der Waals surface area contributed by atoms with Gasteiger partial charge in [-0.15, -0.1) is 0 Å². The lowest BCUT2D eigenvalue weighted by Gasteiger charge is -2.39. The maximum absolute atomic E-state index is 13.4. The molecular weight excluding hydrogens is 165 g/mol. The minimum absolute atomic E-state index is 0.268. The molecule has 0 aromatic carbocycles. The molecule has 0 amide bonds. The van der Waals surface area contributed by atoms with Crippen molar-refractivity contribution < 1.29 is 4.39 Å². The largest absolute Gasteiger partial charge is 0.297 e. The molecule has 2 saturated heterocycles. The Morgan fingerprint density at radius 3 is 2.92 bits per heavy atom. The fraction of sp³-hybridized carbons (Fsp3) is 1.00. The van der Waals surface area contributed by atoms with Crippen molar-refractivity contribution in [2.75, 3.05) is 13.1 Å². The van der Waals surface area contributed by atoms with Gasteiger partial charge in [0.15, 0.2) is 0 Å². The van der Waals surface area contributed by atoms with Crippen LogP contribution in [0.2, 0.25) is 0 Å². The Bertz CT molecular complexity index is 240. The van der Waals surface area contributed by atoms with Gasteiger partial charge in [-0.05, 0) is 25.3 Å². The van der Waals surface area contributed by atoms with E-state index < -0.39 is 6.17 Å². The van der Waals surface area contributed by atoms with Crippen molar-refractivity contribution in [2.45, 2.75) is 38.4 Å². The molecule has 1 nitrogen and oxygen atoms in total. The third kappa shape index (κ3) is 0.769. The molecular formula is C11H18FN. The Labute approximate surface area is 79.3 Å². The second-order valence-corrected chi connectivity index (χ2v) is 5.33. The molecule has 3 rings (SSSR count). The minimum atomic E-state index is -0.461. The molecule has 0 aromatic heterocycles. The van der Waals surface area contributed by atoms with Gasteiger partial charge in [-0.1, -0.05) is 13.8 Å². The monoisotopic (exact) mass is 183 g/mol. The van der Waals surface area contributed by atoms with E-state index in [0.717, 1.165) is 6.54 Å². The average molecular weight is 183 g/mol. The average Bonchev–Trinajstić information content (AvgIpc) is 2.48. The zero-order valence-corrected chi connectivity index (χ0v) is 8.46. The van der Waals surface area contributed by atoms with Crippen molar-refractivity contribution in [1.82, 2.24) is 4.90 Å². The summed E-state index contributed by atoms with van der Waals surface area (Å²) in [5, 5.41) is 0. The van der Waals surface area contributed by atoms with Gasteiger partial charge in [-0.3, -0.25) is 4.90 Å². The molecule has 0 N–H and O–H groups in total. The molecule has 3 aliphatic rings. The number of piperidine rings is 1. The van der Waals surface area contributed by atoms with Crippen LogP contribution >= 0.6 is 0 Å². The summed E-state index contributed by atoms with van der Waals surface area (Å²) in [6.07, 6.45) is 2.07. The molecule has 0 spiro atoms. The van der Waals surface area contributed by atoms with E-state index in [1.165, 1.54) is 19.4 Å². The highest BCUT2D eigenvalue weighted by atomic mass is 19.1. The number of hydrogen-bond donors (Lipinski definition) is 0. The van der Waals surface area contributed by atoms with Crippen LogP contribution < -0.4 is 0 Å². The third-order valence-electron chi connectivity index (χ3n) is 4.67. The first-order chi connectivity index (χ1) is 6.18. The normalized spacial score (nSPS) is 54.0. The molecule has 3 fully saturated rings. The zero-order valence-electron chi connectivity index (χ0n) is 8.46. The molecule has 2 aliphatic heterocycles. The molecule has 4 unspecified atom stereocenters. The van der Waals surface area contributed by atoms with Crippen LogP contribution in [0.3, 0.4) is 0 Å². The fourth-order valence-electron chi connectivity index (χ4n) is 4.04. The van der Waals surface area contributed by atoms with Crippen molar-refractivity contribution >= 4 is 0 Å². The maximum atomic E-state index is 13.4. The molecule has 74 valence electrons. The highest BCUT2D eigenvalue weighted by Crippen LogP contribution is 2.63. The minimum Gasteiger partial charge on any atom is -0.297 e. The lowest BCUT2D eigenvalue weighted by atomic mass is 9.80. The van der Waals surface area contributed by atoms with Crippen LogP contribution in [0.4, 0.5) is 4.39 Å². The predicted molar refractivity (Wildman–Crippen MR) is 50.3 cm³/mol. The third-order valence-corrected chi connectivity index (χ3v) is 4.67. The number of hydrogen-bond acceptors (Lipinski definition) is 1. The van der Waals surface area contributed by atoms with E-state index in [1.54, 1.807) is 0 Å². The van der Waals surface area contributed by atoms with E-state index >= 15 is 0 Å². The molecule has 1 aliphatic carbocycles. The lowest BCUT2D eigenvalue weighted by Crippen LogP contribution is -2.47. The van der Waals surface area contributed by atoms with Crippen LogP contribution in [0.5, 0.6) is 0 Å². The summed E-state index contributed by atoms with van der Waals surface area (Å²) < 4.78 is 13.4. The SMILES string of the molecule is CC(C)C12CCCN1CC1C(F)C12. The van der Waals surface area contributed by atoms with Crippen LogP contribution in [0, 0.1) is 17.8 Å². The van der Waals surface area contributed by atoms with E-state index in [-0.39, 0.29) is 5.54 Å². The number of halogens is 1. The summed E-state index contributed by atoms with van der Waals surface area (Å²) in [6, 6.07) is 0. The Morgan fingerprint density at radius 2 is 2.23 bits per heavy atom. The maximum Gasteiger partial charge on any atom is 0.110 e. The summed E-state index contributed by atoms with van der Waals surface area (Å²) in [5.74, 6) is 1.43. The van der Waals surface area contributed by atoms with Crippen LogP contribution in [-0.2, 0) is 0 Å². The van der Waals surface area contributed by atoms with Crippen molar-refractivity contribution in [1.29, 1.82) is 0 Å².